The lowest BCUT2D eigenvalue weighted by Gasteiger charge is -1.96. The molecule has 1 N–H and O–H groups in total. The number of rotatable bonds is 6. The van der Waals surface area contributed by atoms with Crippen LogP contribution in [0.15, 0.2) is 29.8 Å². The van der Waals surface area contributed by atoms with Crippen molar-refractivity contribution in [1.82, 2.24) is 9.97 Å². The highest BCUT2D eigenvalue weighted by molar-refractivity contribution is 7.09. The van der Waals surface area contributed by atoms with Gasteiger partial charge in [-0.1, -0.05) is 6.07 Å². The molecule has 0 bridgehead atoms. The third-order valence-electron chi connectivity index (χ3n) is 2.51. The molecule has 0 unspecified atom stereocenters. The summed E-state index contributed by atoms with van der Waals surface area (Å²) in [5.74, 6) is -0.733. The van der Waals surface area contributed by atoms with Crippen LogP contribution in [0.5, 0.6) is 0 Å². The maximum Gasteiger partial charge on any atom is 0.303 e. The largest absolute Gasteiger partial charge is 0.481 e. The van der Waals surface area contributed by atoms with Gasteiger partial charge in [-0.2, -0.15) is 0 Å². The quantitative estimate of drug-likeness (QED) is 0.813. The lowest BCUT2D eigenvalue weighted by Crippen LogP contribution is -1.94. The second-order valence-corrected chi connectivity index (χ2v) is 4.88. The van der Waals surface area contributed by atoms with E-state index in [1.807, 2.05) is 23.6 Å². The number of nitrogens with zero attached hydrogens (tertiary/aromatic N) is 2. The maximum absolute atomic E-state index is 10.4. The molecule has 0 spiro atoms. The van der Waals surface area contributed by atoms with Gasteiger partial charge in [-0.15, -0.1) is 11.3 Å². The summed E-state index contributed by atoms with van der Waals surface area (Å²) in [5, 5.41) is 11.6. The average molecular weight is 262 g/mol. The van der Waals surface area contributed by atoms with E-state index in [4.69, 9.17) is 5.11 Å². The van der Waals surface area contributed by atoms with Crippen molar-refractivity contribution in [3.8, 4) is 11.4 Å². The van der Waals surface area contributed by atoms with E-state index in [0.717, 1.165) is 29.2 Å². The minimum absolute atomic E-state index is 0.235. The molecular weight excluding hydrogens is 248 g/mol. The molecule has 94 valence electrons. The number of unbranched alkanes of at least 4 members (excludes halogenated alkanes) is 1. The normalized spacial score (nSPS) is 10.4. The van der Waals surface area contributed by atoms with Gasteiger partial charge in [0.05, 0.1) is 16.4 Å². The van der Waals surface area contributed by atoms with E-state index in [1.54, 1.807) is 17.5 Å². The van der Waals surface area contributed by atoms with Crippen LogP contribution in [0, 0.1) is 0 Å². The maximum atomic E-state index is 10.4. The first-order valence-corrected chi connectivity index (χ1v) is 6.71. The van der Waals surface area contributed by atoms with Crippen LogP contribution in [0.2, 0.25) is 0 Å². The van der Waals surface area contributed by atoms with Gasteiger partial charge in [0.1, 0.15) is 0 Å². The van der Waals surface area contributed by atoms with Gasteiger partial charge in [-0.25, -0.2) is 4.98 Å². The number of carboxylic acid groups (broad SMARTS) is 1. The summed E-state index contributed by atoms with van der Waals surface area (Å²) < 4.78 is 0. The van der Waals surface area contributed by atoms with Crippen molar-refractivity contribution in [3.05, 3.63) is 34.8 Å². The highest BCUT2D eigenvalue weighted by atomic mass is 32.1. The molecule has 2 heterocycles. The van der Waals surface area contributed by atoms with E-state index in [9.17, 15) is 4.79 Å². The number of aliphatic carboxylic acids is 1. The van der Waals surface area contributed by atoms with E-state index in [2.05, 4.69) is 9.97 Å². The topological polar surface area (TPSA) is 63.1 Å². The fourth-order valence-electron chi connectivity index (χ4n) is 1.61. The molecule has 4 nitrogen and oxygen atoms in total. The summed E-state index contributed by atoms with van der Waals surface area (Å²) in [4.78, 5) is 19.1. The number of carbonyl (C=O) groups is 1. The van der Waals surface area contributed by atoms with Crippen molar-refractivity contribution >= 4 is 17.3 Å². The zero-order valence-electron chi connectivity index (χ0n) is 9.87. The fraction of sp³-hybridized carbons (Fsp3) is 0.308. The number of pyridine rings is 1. The van der Waals surface area contributed by atoms with E-state index in [-0.39, 0.29) is 6.42 Å². The summed E-state index contributed by atoms with van der Waals surface area (Å²) in [6, 6.07) is 5.75. The fourth-order valence-corrected chi connectivity index (χ4v) is 2.44. The first kappa shape index (κ1) is 12.7. The highest BCUT2D eigenvalue weighted by Gasteiger charge is 2.05. The average Bonchev–Trinajstić information content (AvgIpc) is 2.84. The molecular formula is C13H14N2O2S. The monoisotopic (exact) mass is 262 g/mol. The third kappa shape index (κ3) is 3.63. The van der Waals surface area contributed by atoms with Gasteiger partial charge in [0.2, 0.25) is 0 Å². The number of hydrogen-bond acceptors (Lipinski definition) is 4. The van der Waals surface area contributed by atoms with E-state index < -0.39 is 5.97 Å². The molecule has 2 aromatic heterocycles. The van der Waals surface area contributed by atoms with Crippen molar-refractivity contribution < 1.29 is 9.90 Å². The minimum Gasteiger partial charge on any atom is -0.481 e. The molecule has 0 radical (unpaired) electrons. The molecule has 0 atom stereocenters. The second kappa shape index (κ2) is 6.26. The first-order valence-electron chi connectivity index (χ1n) is 5.83. The summed E-state index contributed by atoms with van der Waals surface area (Å²) in [7, 11) is 0. The van der Waals surface area contributed by atoms with Crippen LogP contribution < -0.4 is 0 Å². The van der Waals surface area contributed by atoms with Crippen LogP contribution in [0.25, 0.3) is 11.4 Å². The number of hydrogen-bond donors (Lipinski definition) is 1. The molecule has 0 aliphatic heterocycles. The molecule has 0 aliphatic rings. The zero-order valence-corrected chi connectivity index (χ0v) is 10.7. The van der Waals surface area contributed by atoms with Crippen LogP contribution in [0.3, 0.4) is 0 Å². The molecule has 0 amide bonds. The van der Waals surface area contributed by atoms with Gasteiger partial charge in [-0.3, -0.25) is 9.78 Å². The summed E-state index contributed by atoms with van der Waals surface area (Å²) in [6.45, 7) is 0. The molecule has 2 rings (SSSR count). The van der Waals surface area contributed by atoms with E-state index >= 15 is 0 Å². The molecule has 0 aromatic carbocycles. The van der Waals surface area contributed by atoms with E-state index in [1.165, 1.54) is 0 Å². The van der Waals surface area contributed by atoms with Crippen LogP contribution in [-0.2, 0) is 11.2 Å². The Labute approximate surface area is 109 Å². The standard InChI is InChI=1S/C13H14N2O2S/c16-13(17)7-2-1-6-12-15-11(9-18-12)10-5-3-4-8-14-10/h3-5,8-9H,1-2,6-7H2,(H,16,17). The Bertz CT molecular complexity index is 511. The van der Waals surface area contributed by atoms with Crippen molar-refractivity contribution in [2.45, 2.75) is 25.7 Å². The molecule has 2 aromatic rings. The Morgan fingerprint density at radius 3 is 2.89 bits per heavy atom. The molecule has 0 saturated heterocycles. The Kier molecular flexibility index (Phi) is 4.41. The summed E-state index contributed by atoms with van der Waals surface area (Å²) >= 11 is 1.60. The lowest BCUT2D eigenvalue weighted by molar-refractivity contribution is -0.137. The van der Waals surface area contributed by atoms with Gasteiger partial charge in [0.15, 0.2) is 0 Å². The van der Waals surface area contributed by atoms with Gasteiger partial charge in [0, 0.05) is 18.0 Å². The van der Waals surface area contributed by atoms with Crippen molar-refractivity contribution in [2.24, 2.45) is 0 Å². The van der Waals surface area contributed by atoms with Crippen LogP contribution in [-0.4, -0.2) is 21.0 Å². The molecule has 0 saturated carbocycles. The number of thiazole rings is 1. The smallest absolute Gasteiger partial charge is 0.303 e. The summed E-state index contributed by atoms with van der Waals surface area (Å²) in [6.07, 6.45) is 4.39. The van der Waals surface area contributed by atoms with Gasteiger partial charge < -0.3 is 5.11 Å². The molecule has 0 fully saturated rings. The number of carboxylic acids is 1. The van der Waals surface area contributed by atoms with Crippen LogP contribution in [0.4, 0.5) is 0 Å². The SMILES string of the molecule is O=C(O)CCCCc1nc(-c2ccccn2)cs1. The van der Waals surface area contributed by atoms with Crippen molar-refractivity contribution in [2.75, 3.05) is 0 Å². The molecule has 0 aliphatic carbocycles. The minimum atomic E-state index is -0.733. The number of aromatic nitrogens is 2. The molecule has 18 heavy (non-hydrogen) atoms. The predicted molar refractivity (Wildman–Crippen MR) is 70.5 cm³/mol. The van der Waals surface area contributed by atoms with Crippen LogP contribution >= 0.6 is 11.3 Å². The Balaban J connectivity index is 1.89. The third-order valence-corrected chi connectivity index (χ3v) is 3.42. The zero-order chi connectivity index (χ0) is 12.8. The molecule has 5 heteroatoms. The Morgan fingerprint density at radius 1 is 1.28 bits per heavy atom. The number of aryl methyl sites for hydroxylation is 1. The highest BCUT2D eigenvalue weighted by Crippen LogP contribution is 2.20. The van der Waals surface area contributed by atoms with Crippen LogP contribution in [0.1, 0.15) is 24.3 Å². The van der Waals surface area contributed by atoms with E-state index in [0.29, 0.717) is 6.42 Å². The Hall–Kier alpha value is -1.75. The lowest BCUT2D eigenvalue weighted by atomic mass is 10.2. The summed E-state index contributed by atoms with van der Waals surface area (Å²) in [5.41, 5.74) is 1.78. The van der Waals surface area contributed by atoms with Gasteiger partial charge >= 0.3 is 5.97 Å². The van der Waals surface area contributed by atoms with Crippen molar-refractivity contribution in [3.63, 3.8) is 0 Å². The Morgan fingerprint density at radius 2 is 2.17 bits per heavy atom. The predicted octanol–water partition coefficient (Wildman–Crippen LogP) is 3.00. The second-order valence-electron chi connectivity index (χ2n) is 3.94. The first-order chi connectivity index (χ1) is 8.75. The van der Waals surface area contributed by atoms with Gasteiger partial charge in [0.25, 0.3) is 0 Å². The van der Waals surface area contributed by atoms with Gasteiger partial charge in [-0.05, 0) is 31.4 Å². The van der Waals surface area contributed by atoms with Crippen molar-refractivity contribution in [1.29, 1.82) is 0 Å².